The topological polar surface area (TPSA) is 35.5 Å². The Balaban J connectivity index is 2.76. The molecule has 0 fully saturated rings. The van der Waals surface area contributed by atoms with Gasteiger partial charge in [0.25, 0.3) is 0 Å². The Morgan fingerprint density at radius 1 is 1.32 bits per heavy atom. The second kappa shape index (κ2) is 8.96. The van der Waals surface area contributed by atoms with Crippen LogP contribution in [0.15, 0.2) is 42.0 Å². The molecule has 1 aromatic rings. The maximum atomic E-state index is 11.3. The Bertz CT molecular complexity index is 478. The molecule has 0 saturated heterocycles. The minimum absolute atomic E-state index is 0.170. The SMILES string of the molecule is CCOC/C=C(\C#Cc1ccccc1)CC(=O)OC. The Kier molecular flexibility index (Phi) is 7.08. The lowest BCUT2D eigenvalue weighted by molar-refractivity contribution is -0.139. The Hall–Kier alpha value is -2.05. The molecule has 0 aliphatic carbocycles. The van der Waals surface area contributed by atoms with E-state index in [4.69, 9.17) is 4.74 Å². The van der Waals surface area contributed by atoms with E-state index in [-0.39, 0.29) is 12.4 Å². The molecule has 0 aliphatic heterocycles. The number of hydrogen-bond donors (Lipinski definition) is 0. The first kappa shape index (κ1) is 15.0. The van der Waals surface area contributed by atoms with Gasteiger partial charge in [-0.3, -0.25) is 4.79 Å². The molecule has 0 spiro atoms. The molecule has 0 amide bonds. The number of benzene rings is 1. The summed E-state index contributed by atoms with van der Waals surface area (Å²) in [6.45, 7) is 3.00. The first-order valence-electron chi connectivity index (χ1n) is 6.17. The van der Waals surface area contributed by atoms with Crippen LogP contribution in [-0.4, -0.2) is 26.3 Å². The molecule has 100 valence electrons. The molecular formula is C16H18O3. The second-order valence-corrected chi connectivity index (χ2v) is 3.76. The molecule has 19 heavy (non-hydrogen) atoms. The van der Waals surface area contributed by atoms with Crippen molar-refractivity contribution in [2.75, 3.05) is 20.3 Å². The predicted octanol–water partition coefficient (Wildman–Crippen LogP) is 2.56. The van der Waals surface area contributed by atoms with Gasteiger partial charge in [0.15, 0.2) is 0 Å². The third-order valence-electron chi connectivity index (χ3n) is 2.36. The minimum Gasteiger partial charge on any atom is -0.469 e. The standard InChI is InChI=1S/C16H18O3/c1-3-19-12-11-15(13-16(17)18-2)10-9-14-7-5-4-6-8-14/h4-8,11H,3,12-13H2,1-2H3/b15-11+. The zero-order valence-electron chi connectivity index (χ0n) is 11.3. The molecule has 3 nitrogen and oxygen atoms in total. The van der Waals surface area contributed by atoms with Crippen molar-refractivity contribution in [3.05, 3.63) is 47.5 Å². The summed E-state index contributed by atoms with van der Waals surface area (Å²) in [6.07, 6.45) is 1.99. The van der Waals surface area contributed by atoms with Gasteiger partial charge >= 0.3 is 5.97 Å². The van der Waals surface area contributed by atoms with Gasteiger partial charge in [-0.1, -0.05) is 30.0 Å². The van der Waals surface area contributed by atoms with E-state index in [1.54, 1.807) is 0 Å². The third-order valence-corrected chi connectivity index (χ3v) is 2.36. The number of methoxy groups -OCH3 is 1. The van der Waals surface area contributed by atoms with Crippen LogP contribution < -0.4 is 0 Å². The van der Waals surface area contributed by atoms with Crippen LogP contribution in [0.4, 0.5) is 0 Å². The molecule has 0 unspecified atom stereocenters. The molecule has 0 atom stereocenters. The lowest BCUT2D eigenvalue weighted by atomic mass is 10.1. The van der Waals surface area contributed by atoms with Gasteiger partial charge in [-0.05, 0) is 25.1 Å². The lowest BCUT2D eigenvalue weighted by Gasteiger charge is -2.00. The smallest absolute Gasteiger partial charge is 0.310 e. The molecule has 0 bridgehead atoms. The van der Waals surface area contributed by atoms with Crippen molar-refractivity contribution in [1.82, 2.24) is 0 Å². The van der Waals surface area contributed by atoms with Crippen molar-refractivity contribution < 1.29 is 14.3 Å². The predicted molar refractivity (Wildman–Crippen MR) is 74.5 cm³/mol. The summed E-state index contributed by atoms with van der Waals surface area (Å²) in [5.41, 5.74) is 1.62. The molecular weight excluding hydrogens is 240 g/mol. The van der Waals surface area contributed by atoms with Gasteiger partial charge < -0.3 is 9.47 Å². The number of carbonyl (C=O) groups excluding carboxylic acids is 1. The van der Waals surface area contributed by atoms with E-state index < -0.39 is 0 Å². The van der Waals surface area contributed by atoms with Crippen LogP contribution in [-0.2, 0) is 14.3 Å². The normalized spacial score (nSPS) is 10.5. The Labute approximate surface area is 114 Å². The number of hydrogen-bond acceptors (Lipinski definition) is 3. The fourth-order valence-corrected chi connectivity index (χ4v) is 1.35. The van der Waals surface area contributed by atoms with E-state index >= 15 is 0 Å². The summed E-state index contributed by atoms with van der Waals surface area (Å²) in [4.78, 5) is 11.3. The van der Waals surface area contributed by atoms with Gasteiger partial charge in [0.05, 0.1) is 20.1 Å². The highest BCUT2D eigenvalue weighted by molar-refractivity contribution is 5.73. The fraction of sp³-hybridized carbons (Fsp3) is 0.312. The number of rotatable bonds is 5. The minimum atomic E-state index is -0.301. The van der Waals surface area contributed by atoms with Gasteiger partial charge in [-0.25, -0.2) is 0 Å². The van der Waals surface area contributed by atoms with E-state index in [9.17, 15) is 4.79 Å². The van der Waals surface area contributed by atoms with Crippen molar-refractivity contribution in [1.29, 1.82) is 0 Å². The molecule has 0 radical (unpaired) electrons. The summed E-state index contributed by atoms with van der Waals surface area (Å²) >= 11 is 0. The molecule has 3 heteroatoms. The van der Waals surface area contributed by atoms with Crippen molar-refractivity contribution in [3.8, 4) is 11.8 Å². The van der Waals surface area contributed by atoms with Gasteiger partial charge in [-0.2, -0.15) is 0 Å². The van der Waals surface area contributed by atoms with E-state index in [0.29, 0.717) is 18.8 Å². The fourth-order valence-electron chi connectivity index (χ4n) is 1.35. The highest BCUT2D eigenvalue weighted by atomic mass is 16.5. The van der Waals surface area contributed by atoms with Gasteiger partial charge in [0, 0.05) is 17.7 Å². The average Bonchev–Trinajstić information content (AvgIpc) is 2.45. The van der Waals surface area contributed by atoms with E-state index in [0.717, 1.165) is 5.56 Å². The summed E-state index contributed by atoms with van der Waals surface area (Å²) < 4.78 is 9.89. The molecule has 0 saturated carbocycles. The summed E-state index contributed by atoms with van der Waals surface area (Å²) in [5.74, 6) is 5.71. The van der Waals surface area contributed by atoms with Gasteiger partial charge in [0.2, 0.25) is 0 Å². The zero-order valence-corrected chi connectivity index (χ0v) is 11.3. The molecule has 0 aliphatic rings. The van der Waals surface area contributed by atoms with Crippen LogP contribution in [0, 0.1) is 11.8 Å². The van der Waals surface area contributed by atoms with Crippen LogP contribution in [0.3, 0.4) is 0 Å². The van der Waals surface area contributed by atoms with Crippen molar-refractivity contribution >= 4 is 5.97 Å². The van der Waals surface area contributed by atoms with Crippen molar-refractivity contribution in [2.24, 2.45) is 0 Å². The van der Waals surface area contributed by atoms with E-state index in [1.807, 2.05) is 43.3 Å². The first-order valence-corrected chi connectivity index (χ1v) is 6.17. The number of esters is 1. The lowest BCUT2D eigenvalue weighted by Crippen LogP contribution is -2.02. The number of carbonyl (C=O) groups is 1. The first-order chi connectivity index (χ1) is 9.26. The van der Waals surface area contributed by atoms with E-state index in [2.05, 4.69) is 16.6 Å². The molecule has 0 aromatic heterocycles. The Morgan fingerprint density at radius 3 is 2.68 bits per heavy atom. The van der Waals surface area contributed by atoms with Crippen LogP contribution in [0.1, 0.15) is 18.9 Å². The van der Waals surface area contributed by atoms with Gasteiger partial charge in [0.1, 0.15) is 0 Å². The average molecular weight is 258 g/mol. The van der Waals surface area contributed by atoms with Crippen LogP contribution in [0.2, 0.25) is 0 Å². The molecule has 1 rings (SSSR count). The summed E-state index contributed by atoms with van der Waals surface area (Å²) in [5, 5.41) is 0. The van der Waals surface area contributed by atoms with Crippen molar-refractivity contribution in [3.63, 3.8) is 0 Å². The zero-order chi connectivity index (χ0) is 13.9. The Morgan fingerprint density at radius 2 is 2.05 bits per heavy atom. The number of ether oxygens (including phenoxy) is 2. The van der Waals surface area contributed by atoms with E-state index in [1.165, 1.54) is 7.11 Å². The third kappa shape index (κ3) is 6.44. The summed E-state index contributed by atoms with van der Waals surface area (Å²) in [7, 11) is 1.37. The monoisotopic (exact) mass is 258 g/mol. The highest BCUT2D eigenvalue weighted by Crippen LogP contribution is 2.03. The van der Waals surface area contributed by atoms with Crippen LogP contribution in [0.25, 0.3) is 0 Å². The highest BCUT2D eigenvalue weighted by Gasteiger charge is 2.03. The maximum absolute atomic E-state index is 11.3. The molecule has 1 aromatic carbocycles. The largest absolute Gasteiger partial charge is 0.469 e. The quantitative estimate of drug-likeness (QED) is 0.462. The van der Waals surface area contributed by atoms with Crippen LogP contribution in [0.5, 0.6) is 0 Å². The molecule has 0 N–H and O–H groups in total. The summed E-state index contributed by atoms with van der Waals surface area (Å²) in [6, 6.07) is 9.63. The van der Waals surface area contributed by atoms with Gasteiger partial charge in [-0.15, -0.1) is 0 Å². The van der Waals surface area contributed by atoms with Crippen LogP contribution >= 0.6 is 0 Å². The maximum Gasteiger partial charge on any atom is 0.310 e. The molecule has 0 heterocycles. The second-order valence-electron chi connectivity index (χ2n) is 3.76. The van der Waals surface area contributed by atoms with Crippen molar-refractivity contribution in [2.45, 2.75) is 13.3 Å².